The maximum atomic E-state index is 12.5. The van der Waals surface area contributed by atoms with Crippen LogP contribution in [0.3, 0.4) is 0 Å². The van der Waals surface area contributed by atoms with Crippen LogP contribution in [0.1, 0.15) is 0 Å². The number of azo groups is 1. The minimum Gasteiger partial charge on any atom is -0.397 e. The molecule has 198 valence electrons. The van der Waals surface area contributed by atoms with Gasteiger partial charge in [0.25, 0.3) is 10.1 Å². The van der Waals surface area contributed by atoms with Gasteiger partial charge in [-0.05, 0) is 35.7 Å². The predicted octanol–water partition coefficient (Wildman–Crippen LogP) is 2.17. The Morgan fingerprint density at radius 1 is 0.973 bits per heavy atom. The zero-order valence-electron chi connectivity index (χ0n) is 18.5. The summed E-state index contributed by atoms with van der Waals surface area (Å²) in [6, 6.07) is 9.13. The van der Waals surface area contributed by atoms with E-state index >= 15 is 0 Å². The lowest BCUT2D eigenvalue weighted by molar-refractivity contribution is 0.259. The molecule has 0 radical (unpaired) electrons. The fourth-order valence-electron chi connectivity index (χ4n) is 3.19. The van der Waals surface area contributed by atoms with Crippen molar-refractivity contribution >= 4 is 69.9 Å². The van der Waals surface area contributed by atoms with Crippen molar-refractivity contribution in [3.63, 3.8) is 0 Å². The van der Waals surface area contributed by atoms with E-state index in [1.54, 1.807) is 0 Å². The molecule has 0 atom stereocenters. The number of fused-ring (bicyclic) bond motifs is 1. The molecule has 0 aliphatic carbocycles. The minimum atomic E-state index is -4.92. The molecular weight excluding hydrogens is 554 g/mol. The monoisotopic (exact) mass is 573 g/mol. The molecule has 0 heterocycles. The number of hydrogen-bond acceptors (Lipinski definition) is 11. The summed E-state index contributed by atoms with van der Waals surface area (Å²) in [5, 5.41) is 10.0. The van der Waals surface area contributed by atoms with Gasteiger partial charge in [0.2, 0.25) is 0 Å². The van der Waals surface area contributed by atoms with Gasteiger partial charge in [-0.1, -0.05) is 18.2 Å². The third-order valence-corrected chi connectivity index (χ3v) is 7.79. The second kappa shape index (κ2) is 10.4. The van der Waals surface area contributed by atoms with Crippen LogP contribution < -0.4 is 16.8 Å². The zero-order chi connectivity index (χ0) is 27.6. The number of amides is 2. The fourth-order valence-corrected chi connectivity index (χ4v) is 5.55. The first kappa shape index (κ1) is 27.9. The van der Waals surface area contributed by atoms with Crippen molar-refractivity contribution in [1.82, 2.24) is 0 Å². The predicted molar refractivity (Wildman–Crippen MR) is 132 cm³/mol. The van der Waals surface area contributed by atoms with Crippen molar-refractivity contribution in [3.8, 4) is 0 Å². The Balaban J connectivity index is 2.08. The average Bonchev–Trinajstić information content (AvgIpc) is 2.75. The summed E-state index contributed by atoms with van der Waals surface area (Å²) in [5.41, 5.74) is 10.8. The maximum absolute atomic E-state index is 12.5. The Labute approximate surface area is 210 Å². The van der Waals surface area contributed by atoms with E-state index in [9.17, 15) is 34.6 Å². The number of urea groups is 1. The SMILES string of the molecule is NC(=O)Nc1cccc(N)c1N=Nc1ccc2cc(S(=O)(=O)CCOS(=O)(=O)O)ccc2c1S(=O)(=O)O. The molecule has 2 amide bonds. The Morgan fingerprint density at radius 2 is 1.68 bits per heavy atom. The highest BCUT2D eigenvalue weighted by molar-refractivity contribution is 7.91. The van der Waals surface area contributed by atoms with E-state index in [1.807, 2.05) is 0 Å². The largest absolute Gasteiger partial charge is 0.397 e. The van der Waals surface area contributed by atoms with Crippen LogP contribution in [-0.2, 0) is 34.5 Å². The van der Waals surface area contributed by atoms with Gasteiger partial charge in [0.15, 0.2) is 9.84 Å². The van der Waals surface area contributed by atoms with Gasteiger partial charge in [0, 0.05) is 5.39 Å². The summed E-state index contributed by atoms with van der Waals surface area (Å²) in [4.78, 5) is 10.2. The number of carbonyl (C=O) groups excluding carboxylic acids is 1. The molecule has 0 bridgehead atoms. The number of sulfone groups is 1. The third-order valence-electron chi connectivity index (χ3n) is 4.71. The second-order valence-electron chi connectivity index (χ2n) is 7.27. The molecule has 3 rings (SSSR count). The molecule has 3 aromatic carbocycles. The molecule has 0 saturated carbocycles. The number of nitrogens with one attached hydrogen (secondary N) is 1. The van der Waals surface area contributed by atoms with Crippen molar-refractivity contribution in [2.24, 2.45) is 16.0 Å². The normalized spacial score (nSPS) is 12.7. The van der Waals surface area contributed by atoms with E-state index in [4.69, 9.17) is 16.0 Å². The van der Waals surface area contributed by atoms with E-state index in [1.165, 1.54) is 24.3 Å². The number of nitrogens with zero attached hydrogens (tertiary/aromatic N) is 2. The molecule has 0 saturated heterocycles. The van der Waals surface area contributed by atoms with Crippen molar-refractivity contribution in [2.45, 2.75) is 9.79 Å². The number of anilines is 2. The van der Waals surface area contributed by atoms with E-state index in [0.29, 0.717) is 0 Å². The van der Waals surface area contributed by atoms with E-state index in [-0.39, 0.29) is 38.4 Å². The summed E-state index contributed by atoms with van der Waals surface area (Å²) in [5.74, 6) is -0.810. The molecule has 7 N–H and O–H groups in total. The highest BCUT2D eigenvalue weighted by Gasteiger charge is 2.23. The summed E-state index contributed by atoms with van der Waals surface area (Å²) in [7, 11) is -13.9. The van der Waals surface area contributed by atoms with Gasteiger partial charge in [-0.2, -0.15) is 16.8 Å². The van der Waals surface area contributed by atoms with Crippen molar-refractivity contribution < 1.29 is 43.3 Å². The van der Waals surface area contributed by atoms with Crippen LogP contribution in [0, 0.1) is 0 Å². The molecule has 15 nitrogen and oxygen atoms in total. The van der Waals surface area contributed by atoms with Gasteiger partial charge in [0.1, 0.15) is 16.3 Å². The van der Waals surface area contributed by atoms with E-state index in [2.05, 4.69) is 19.7 Å². The number of carbonyl (C=O) groups is 1. The lowest BCUT2D eigenvalue weighted by atomic mass is 10.1. The Kier molecular flexibility index (Phi) is 7.81. The van der Waals surface area contributed by atoms with Crippen LogP contribution in [-0.4, -0.2) is 52.7 Å². The first-order chi connectivity index (χ1) is 17.1. The molecule has 0 unspecified atom stereocenters. The molecule has 0 aliphatic rings. The van der Waals surface area contributed by atoms with Crippen LogP contribution in [0.2, 0.25) is 0 Å². The topological polar surface area (TPSA) is 258 Å². The standard InChI is InChI=1S/C19H19N5O10S3/c20-14-2-1-3-15(22-19(21)25)17(14)24-23-16-7-4-11-10-12(5-6-13(11)18(16)36(28,29)30)35(26,27)9-8-34-37(31,32)33/h1-7,10H,8-9,20H2,(H3,21,22,25)(H,28,29,30)(H,31,32,33). The molecular formula is C19H19N5O10S3. The van der Waals surface area contributed by atoms with Gasteiger partial charge >= 0.3 is 16.4 Å². The number of benzene rings is 3. The van der Waals surface area contributed by atoms with Crippen LogP contribution in [0.15, 0.2) is 68.6 Å². The molecule has 3 aromatic rings. The van der Waals surface area contributed by atoms with Crippen LogP contribution >= 0.6 is 0 Å². The third kappa shape index (κ3) is 6.96. The Bertz CT molecular complexity index is 1740. The van der Waals surface area contributed by atoms with Gasteiger partial charge in [0.05, 0.1) is 28.6 Å². The summed E-state index contributed by atoms with van der Waals surface area (Å²) < 4.78 is 93.2. The van der Waals surface area contributed by atoms with Crippen molar-refractivity contribution in [1.29, 1.82) is 0 Å². The number of rotatable bonds is 9. The number of nitrogen functional groups attached to an aromatic ring is 1. The number of hydrogen-bond donors (Lipinski definition) is 5. The number of primary amides is 1. The highest BCUT2D eigenvalue weighted by atomic mass is 32.3. The Morgan fingerprint density at radius 3 is 2.30 bits per heavy atom. The lowest BCUT2D eigenvalue weighted by Gasteiger charge is -2.10. The minimum absolute atomic E-state index is 0.0451. The van der Waals surface area contributed by atoms with Crippen molar-refractivity contribution in [3.05, 3.63) is 48.5 Å². The molecule has 0 aromatic heterocycles. The molecule has 18 heteroatoms. The second-order valence-corrected chi connectivity index (χ2v) is 11.8. The number of nitrogens with two attached hydrogens (primary N) is 2. The highest BCUT2D eigenvalue weighted by Crippen LogP contribution is 2.37. The smallest absolute Gasteiger partial charge is 0.397 e. The average molecular weight is 574 g/mol. The summed E-state index contributed by atoms with van der Waals surface area (Å²) in [6.07, 6.45) is 0. The van der Waals surface area contributed by atoms with Gasteiger partial charge in [-0.15, -0.1) is 10.2 Å². The van der Waals surface area contributed by atoms with E-state index < -0.39 is 53.6 Å². The fraction of sp³-hybridized carbons (Fsp3) is 0.105. The summed E-state index contributed by atoms with van der Waals surface area (Å²) in [6.45, 7) is -0.857. The molecule has 0 fully saturated rings. The van der Waals surface area contributed by atoms with Crippen molar-refractivity contribution in [2.75, 3.05) is 23.4 Å². The first-order valence-corrected chi connectivity index (χ1v) is 14.3. The molecule has 37 heavy (non-hydrogen) atoms. The van der Waals surface area contributed by atoms with E-state index in [0.717, 1.165) is 24.3 Å². The van der Waals surface area contributed by atoms with Crippen LogP contribution in [0.4, 0.5) is 27.5 Å². The maximum Gasteiger partial charge on any atom is 0.397 e. The van der Waals surface area contributed by atoms with Gasteiger partial charge < -0.3 is 16.8 Å². The van der Waals surface area contributed by atoms with Gasteiger partial charge in [-0.25, -0.2) is 17.4 Å². The summed E-state index contributed by atoms with van der Waals surface area (Å²) >= 11 is 0. The zero-order valence-corrected chi connectivity index (χ0v) is 20.9. The molecule has 0 aliphatic heterocycles. The molecule has 0 spiro atoms. The lowest BCUT2D eigenvalue weighted by Crippen LogP contribution is -2.19. The van der Waals surface area contributed by atoms with Gasteiger partial charge in [-0.3, -0.25) is 9.11 Å². The van der Waals surface area contributed by atoms with Crippen LogP contribution in [0.25, 0.3) is 10.8 Å². The Hall–Kier alpha value is -3.68. The quantitative estimate of drug-likeness (QED) is 0.141. The van der Waals surface area contributed by atoms with Crippen LogP contribution in [0.5, 0.6) is 0 Å². The first-order valence-electron chi connectivity index (χ1n) is 9.84.